The minimum atomic E-state index is -4.49. The molecular weight excluding hydrogens is 321 g/mol. The number of nitrogens with one attached hydrogen (secondary N) is 2. The molecule has 0 unspecified atom stereocenters. The zero-order chi connectivity index (χ0) is 17.9. The van der Waals surface area contributed by atoms with Crippen LogP contribution in [0.15, 0.2) is 42.5 Å². The smallest absolute Gasteiger partial charge is 0.326 e. The molecule has 0 aromatic heterocycles. The molecule has 2 rings (SSSR count). The molecule has 2 aromatic carbocycles. The van der Waals surface area contributed by atoms with E-state index < -0.39 is 17.6 Å². The van der Waals surface area contributed by atoms with Gasteiger partial charge in [-0.3, -0.25) is 9.59 Å². The number of hydrogen-bond acceptors (Lipinski definition) is 2. The first-order valence-corrected chi connectivity index (χ1v) is 7.03. The van der Waals surface area contributed by atoms with E-state index in [1.165, 1.54) is 38.1 Å². The summed E-state index contributed by atoms with van der Waals surface area (Å²) in [6.45, 7) is 2.68. The molecular formula is C17H15F3N2O2. The molecule has 0 fully saturated rings. The molecule has 2 N–H and O–H groups in total. The first kappa shape index (κ1) is 17.5. The van der Waals surface area contributed by atoms with E-state index in [2.05, 4.69) is 10.6 Å². The summed E-state index contributed by atoms with van der Waals surface area (Å²) in [5, 5.41) is 4.96. The Kier molecular flexibility index (Phi) is 4.92. The van der Waals surface area contributed by atoms with Crippen molar-refractivity contribution in [3.8, 4) is 0 Å². The van der Waals surface area contributed by atoms with Gasteiger partial charge in [0.05, 0.1) is 5.56 Å². The van der Waals surface area contributed by atoms with E-state index in [9.17, 15) is 22.8 Å². The number of halogens is 3. The van der Waals surface area contributed by atoms with E-state index in [0.29, 0.717) is 5.69 Å². The number of carbonyl (C=O) groups excluding carboxylic acids is 2. The third kappa shape index (κ3) is 4.34. The topological polar surface area (TPSA) is 58.2 Å². The number of aryl methyl sites for hydroxylation is 1. The predicted octanol–water partition coefficient (Wildman–Crippen LogP) is 4.22. The summed E-state index contributed by atoms with van der Waals surface area (Å²) < 4.78 is 38.7. The lowest BCUT2D eigenvalue weighted by molar-refractivity contribution is -0.138. The van der Waals surface area contributed by atoms with Crippen molar-refractivity contribution in [3.63, 3.8) is 0 Å². The molecule has 0 aliphatic heterocycles. The number of anilines is 2. The molecule has 0 aliphatic carbocycles. The second-order valence-electron chi connectivity index (χ2n) is 5.24. The fraction of sp³-hybridized carbons (Fsp3) is 0.176. The summed E-state index contributed by atoms with van der Waals surface area (Å²) >= 11 is 0. The first-order chi connectivity index (χ1) is 11.2. The minimum Gasteiger partial charge on any atom is -0.326 e. The quantitative estimate of drug-likeness (QED) is 0.881. The monoisotopic (exact) mass is 336 g/mol. The Morgan fingerprint density at radius 2 is 1.62 bits per heavy atom. The summed E-state index contributed by atoms with van der Waals surface area (Å²) in [4.78, 5) is 23.2. The molecule has 0 atom stereocenters. The summed E-state index contributed by atoms with van der Waals surface area (Å²) in [6, 6.07) is 9.70. The molecule has 7 heteroatoms. The number of benzene rings is 2. The van der Waals surface area contributed by atoms with Gasteiger partial charge in [0, 0.05) is 23.9 Å². The van der Waals surface area contributed by atoms with Gasteiger partial charge in [-0.15, -0.1) is 0 Å². The maximum atomic E-state index is 12.9. The Bertz CT molecular complexity index is 786. The van der Waals surface area contributed by atoms with Crippen molar-refractivity contribution in [1.82, 2.24) is 0 Å². The molecule has 0 heterocycles. The van der Waals surface area contributed by atoms with Crippen molar-refractivity contribution < 1.29 is 22.8 Å². The van der Waals surface area contributed by atoms with Crippen LogP contribution in [0.25, 0.3) is 0 Å². The lowest BCUT2D eigenvalue weighted by atomic mass is 10.1. The van der Waals surface area contributed by atoms with E-state index in [0.717, 1.165) is 6.07 Å². The molecule has 2 aromatic rings. The number of hydrogen-bond donors (Lipinski definition) is 2. The zero-order valence-corrected chi connectivity index (χ0v) is 13.0. The highest BCUT2D eigenvalue weighted by atomic mass is 19.4. The molecule has 0 radical (unpaired) electrons. The molecule has 2 amide bonds. The van der Waals surface area contributed by atoms with Crippen LogP contribution in [0.5, 0.6) is 0 Å². The lowest BCUT2D eigenvalue weighted by Crippen LogP contribution is -2.14. The fourth-order valence-electron chi connectivity index (χ4n) is 2.15. The lowest BCUT2D eigenvalue weighted by Gasteiger charge is -2.13. The Hall–Kier alpha value is -2.83. The average Bonchev–Trinajstić information content (AvgIpc) is 2.47. The van der Waals surface area contributed by atoms with Crippen molar-refractivity contribution in [2.45, 2.75) is 20.0 Å². The maximum absolute atomic E-state index is 12.9. The van der Waals surface area contributed by atoms with Crippen LogP contribution in [0.4, 0.5) is 24.5 Å². The van der Waals surface area contributed by atoms with Crippen LogP contribution >= 0.6 is 0 Å². The van der Waals surface area contributed by atoms with Gasteiger partial charge in [-0.1, -0.05) is 12.1 Å². The van der Waals surface area contributed by atoms with Crippen LogP contribution in [0.1, 0.15) is 28.4 Å². The van der Waals surface area contributed by atoms with Gasteiger partial charge in [-0.05, 0) is 42.8 Å². The van der Waals surface area contributed by atoms with E-state index in [1.54, 1.807) is 12.1 Å². The van der Waals surface area contributed by atoms with E-state index >= 15 is 0 Å². The third-order valence-corrected chi connectivity index (χ3v) is 3.25. The van der Waals surface area contributed by atoms with E-state index in [1.807, 2.05) is 0 Å². The van der Waals surface area contributed by atoms with Crippen molar-refractivity contribution in [1.29, 1.82) is 0 Å². The molecule has 24 heavy (non-hydrogen) atoms. The molecule has 0 spiro atoms. The Balaban J connectivity index is 2.23. The summed E-state index contributed by atoms with van der Waals surface area (Å²) in [5.74, 6) is -0.861. The van der Waals surface area contributed by atoms with Gasteiger partial charge in [0.15, 0.2) is 0 Å². The number of amides is 2. The van der Waals surface area contributed by atoms with Crippen molar-refractivity contribution in [3.05, 3.63) is 59.2 Å². The Morgan fingerprint density at radius 3 is 2.25 bits per heavy atom. The molecule has 0 aliphatic rings. The molecule has 126 valence electrons. The van der Waals surface area contributed by atoms with Crippen LogP contribution in [-0.2, 0) is 11.0 Å². The molecule has 4 nitrogen and oxygen atoms in total. The normalized spacial score (nSPS) is 11.0. The van der Waals surface area contributed by atoms with Gasteiger partial charge < -0.3 is 10.6 Å². The highest BCUT2D eigenvalue weighted by molar-refractivity contribution is 6.05. The molecule has 0 saturated heterocycles. The van der Waals surface area contributed by atoms with Gasteiger partial charge in [-0.2, -0.15) is 13.2 Å². The first-order valence-electron chi connectivity index (χ1n) is 7.03. The predicted molar refractivity (Wildman–Crippen MR) is 84.9 cm³/mol. The fourth-order valence-corrected chi connectivity index (χ4v) is 2.15. The van der Waals surface area contributed by atoms with E-state index in [4.69, 9.17) is 0 Å². The van der Waals surface area contributed by atoms with Crippen molar-refractivity contribution >= 4 is 23.2 Å². The average molecular weight is 336 g/mol. The van der Waals surface area contributed by atoms with Crippen LogP contribution in [0.2, 0.25) is 0 Å². The van der Waals surface area contributed by atoms with Crippen molar-refractivity contribution in [2.24, 2.45) is 0 Å². The molecule has 0 saturated carbocycles. The minimum absolute atomic E-state index is 0.0443. The highest BCUT2D eigenvalue weighted by Gasteiger charge is 2.32. The Morgan fingerprint density at radius 1 is 0.958 bits per heavy atom. The van der Waals surface area contributed by atoms with Crippen LogP contribution in [-0.4, -0.2) is 11.8 Å². The summed E-state index contributed by atoms with van der Waals surface area (Å²) in [6.07, 6.45) is -4.49. The number of rotatable bonds is 3. The van der Waals surface area contributed by atoms with Gasteiger partial charge in [0.1, 0.15) is 0 Å². The second-order valence-corrected chi connectivity index (χ2v) is 5.24. The summed E-state index contributed by atoms with van der Waals surface area (Å²) in [7, 11) is 0. The van der Waals surface area contributed by atoms with Crippen LogP contribution in [0, 0.1) is 6.92 Å². The maximum Gasteiger partial charge on any atom is 0.416 e. The van der Waals surface area contributed by atoms with Gasteiger partial charge >= 0.3 is 6.18 Å². The molecule has 0 bridgehead atoms. The highest BCUT2D eigenvalue weighted by Crippen LogP contribution is 2.33. The number of alkyl halides is 3. The largest absolute Gasteiger partial charge is 0.416 e. The van der Waals surface area contributed by atoms with Gasteiger partial charge in [0.25, 0.3) is 5.91 Å². The Labute approximate surface area is 136 Å². The van der Waals surface area contributed by atoms with Gasteiger partial charge in [-0.25, -0.2) is 0 Å². The van der Waals surface area contributed by atoms with Crippen LogP contribution in [0.3, 0.4) is 0 Å². The second kappa shape index (κ2) is 6.74. The van der Waals surface area contributed by atoms with Gasteiger partial charge in [0.2, 0.25) is 5.91 Å². The summed E-state index contributed by atoms with van der Waals surface area (Å²) in [5.41, 5.74) is -0.0336. The number of carbonyl (C=O) groups is 2. The standard InChI is InChI=1S/C17H15F3N2O2/c1-10-6-7-14(9-15(10)17(18,19)20)22-16(24)12-4-3-5-13(8-12)21-11(2)23/h3-9H,1-2H3,(H,21,23)(H,22,24). The third-order valence-electron chi connectivity index (χ3n) is 3.25. The van der Waals surface area contributed by atoms with Crippen molar-refractivity contribution in [2.75, 3.05) is 10.6 Å². The zero-order valence-electron chi connectivity index (χ0n) is 13.0. The van der Waals surface area contributed by atoms with E-state index in [-0.39, 0.29) is 22.7 Å². The van der Waals surface area contributed by atoms with Crippen LogP contribution < -0.4 is 10.6 Å². The SMILES string of the molecule is CC(=O)Nc1cccc(C(=O)Nc2ccc(C)c(C(F)(F)F)c2)c1.